The van der Waals surface area contributed by atoms with Gasteiger partial charge >= 0.3 is 0 Å². The van der Waals surface area contributed by atoms with E-state index >= 15 is 0 Å². The average Bonchev–Trinajstić information content (AvgIpc) is 3.13. The predicted octanol–water partition coefficient (Wildman–Crippen LogP) is 4.89. The van der Waals surface area contributed by atoms with E-state index in [0.717, 1.165) is 34.0 Å². The Morgan fingerprint density at radius 3 is 2.24 bits per heavy atom. The summed E-state index contributed by atoms with van der Waals surface area (Å²) in [6.45, 7) is 0. The number of aliphatic imine (C=N–C) groups is 1. The van der Waals surface area contributed by atoms with Crippen molar-refractivity contribution in [2.75, 3.05) is 0 Å². The van der Waals surface area contributed by atoms with E-state index in [1.54, 1.807) is 12.4 Å². The highest BCUT2D eigenvalue weighted by molar-refractivity contribution is 5.89. The Morgan fingerprint density at radius 1 is 0.800 bits per heavy atom. The normalized spacial score (nSPS) is 11.0. The molecule has 0 amide bonds. The van der Waals surface area contributed by atoms with Crippen LogP contribution >= 0.6 is 0 Å². The van der Waals surface area contributed by atoms with Crippen molar-refractivity contribution in [1.82, 2.24) is 15.0 Å². The summed E-state index contributed by atoms with van der Waals surface area (Å²) in [6.07, 6.45) is 5.37. The van der Waals surface area contributed by atoms with E-state index in [0.29, 0.717) is 0 Å². The van der Waals surface area contributed by atoms with Crippen LogP contribution in [-0.2, 0) is 0 Å². The molecule has 4 heteroatoms. The first-order valence-electron chi connectivity index (χ1n) is 8.05. The second kappa shape index (κ2) is 6.93. The van der Waals surface area contributed by atoms with Gasteiger partial charge in [-0.3, -0.25) is 9.98 Å². The highest BCUT2D eigenvalue weighted by Crippen LogP contribution is 2.25. The molecule has 4 nitrogen and oxygen atoms in total. The third-order valence-electron chi connectivity index (χ3n) is 3.81. The van der Waals surface area contributed by atoms with Crippen molar-refractivity contribution >= 4 is 11.9 Å². The molecule has 1 N–H and O–H groups in total. The molecular formula is C21H16N4. The second-order valence-electron chi connectivity index (χ2n) is 5.55. The molecule has 120 valence electrons. The first-order valence-corrected chi connectivity index (χ1v) is 8.05. The summed E-state index contributed by atoms with van der Waals surface area (Å²) in [5, 5.41) is 0. The summed E-state index contributed by atoms with van der Waals surface area (Å²) in [4.78, 5) is 16.9. The maximum absolute atomic E-state index is 4.78. The van der Waals surface area contributed by atoms with Gasteiger partial charge < -0.3 is 4.98 Å². The van der Waals surface area contributed by atoms with Crippen LogP contribution in [0, 0.1) is 0 Å². The third kappa shape index (κ3) is 3.38. The molecule has 0 unspecified atom stereocenters. The van der Waals surface area contributed by atoms with E-state index in [4.69, 9.17) is 4.98 Å². The van der Waals surface area contributed by atoms with Gasteiger partial charge in [0.15, 0.2) is 0 Å². The van der Waals surface area contributed by atoms with Crippen molar-refractivity contribution in [3.8, 4) is 22.6 Å². The van der Waals surface area contributed by atoms with Crippen LogP contribution in [0.15, 0.2) is 90.2 Å². The number of nitrogens with zero attached hydrogens (tertiary/aromatic N) is 3. The Hall–Kier alpha value is -3.53. The standard InChI is InChI=1S/C21H16N4/c1-3-8-16(9-4-1)20-19(15-23-18-11-5-2-6-12-18)24-21(25-20)17-10-7-13-22-14-17/h1-15H,(H,24,25). The lowest BCUT2D eigenvalue weighted by Crippen LogP contribution is -1.86. The molecule has 2 aromatic heterocycles. The minimum absolute atomic E-state index is 0.779. The number of nitrogens with one attached hydrogen (secondary N) is 1. The van der Waals surface area contributed by atoms with Gasteiger partial charge in [0.2, 0.25) is 0 Å². The molecule has 0 fully saturated rings. The van der Waals surface area contributed by atoms with Crippen molar-refractivity contribution in [1.29, 1.82) is 0 Å². The number of imidazole rings is 1. The van der Waals surface area contributed by atoms with Gasteiger partial charge in [-0.1, -0.05) is 48.5 Å². The van der Waals surface area contributed by atoms with Crippen LogP contribution in [0.3, 0.4) is 0 Å². The van der Waals surface area contributed by atoms with E-state index in [2.05, 4.69) is 15.0 Å². The number of aromatic nitrogens is 3. The fourth-order valence-electron chi connectivity index (χ4n) is 2.59. The minimum atomic E-state index is 0.779. The van der Waals surface area contributed by atoms with E-state index in [9.17, 15) is 0 Å². The Bertz CT molecular complexity index is 974. The number of hydrogen-bond acceptors (Lipinski definition) is 3. The summed E-state index contributed by atoms with van der Waals surface area (Å²) in [7, 11) is 0. The zero-order chi connectivity index (χ0) is 16.9. The molecule has 0 aliphatic carbocycles. The molecule has 0 bridgehead atoms. The smallest absolute Gasteiger partial charge is 0.140 e. The Morgan fingerprint density at radius 2 is 1.52 bits per heavy atom. The van der Waals surface area contributed by atoms with Crippen LogP contribution in [-0.4, -0.2) is 21.2 Å². The summed E-state index contributed by atoms with van der Waals surface area (Å²) in [5.41, 5.74) is 4.63. The predicted molar refractivity (Wildman–Crippen MR) is 101 cm³/mol. The van der Waals surface area contributed by atoms with E-state index in [-0.39, 0.29) is 0 Å². The Labute approximate surface area is 146 Å². The van der Waals surface area contributed by atoms with Crippen LogP contribution < -0.4 is 0 Å². The van der Waals surface area contributed by atoms with E-state index < -0.39 is 0 Å². The SMILES string of the molecule is C(=Nc1ccccc1)c1[nH]c(-c2cccnc2)nc1-c1ccccc1. The lowest BCUT2D eigenvalue weighted by Gasteiger charge is -1.98. The molecule has 0 spiro atoms. The fourth-order valence-corrected chi connectivity index (χ4v) is 2.59. The Balaban J connectivity index is 1.78. The number of benzene rings is 2. The van der Waals surface area contributed by atoms with Crippen LogP contribution in [0.2, 0.25) is 0 Å². The van der Waals surface area contributed by atoms with Crippen LogP contribution in [0.5, 0.6) is 0 Å². The summed E-state index contributed by atoms with van der Waals surface area (Å²) in [5.74, 6) is 0.779. The van der Waals surface area contributed by atoms with Crippen molar-refractivity contribution < 1.29 is 0 Å². The molecule has 4 aromatic rings. The lowest BCUT2D eigenvalue weighted by atomic mass is 10.1. The summed E-state index contributed by atoms with van der Waals surface area (Å²) < 4.78 is 0. The topological polar surface area (TPSA) is 53.9 Å². The van der Waals surface area contributed by atoms with Crippen molar-refractivity contribution in [2.45, 2.75) is 0 Å². The van der Waals surface area contributed by atoms with Crippen LogP contribution in [0.4, 0.5) is 5.69 Å². The average molecular weight is 324 g/mol. The van der Waals surface area contributed by atoms with Gasteiger partial charge in [-0.15, -0.1) is 0 Å². The molecule has 0 aliphatic rings. The van der Waals surface area contributed by atoms with Gasteiger partial charge in [-0.25, -0.2) is 4.98 Å². The number of pyridine rings is 1. The third-order valence-corrected chi connectivity index (χ3v) is 3.81. The largest absolute Gasteiger partial charge is 0.337 e. The molecule has 0 aliphatic heterocycles. The molecule has 0 radical (unpaired) electrons. The molecule has 0 atom stereocenters. The summed E-state index contributed by atoms with van der Waals surface area (Å²) >= 11 is 0. The van der Waals surface area contributed by atoms with Gasteiger partial charge in [-0.05, 0) is 24.3 Å². The van der Waals surface area contributed by atoms with Gasteiger partial charge in [0, 0.05) is 23.5 Å². The lowest BCUT2D eigenvalue weighted by molar-refractivity contribution is 1.26. The highest BCUT2D eigenvalue weighted by Gasteiger charge is 2.12. The van der Waals surface area contributed by atoms with Crippen molar-refractivity contribution in [3.63, 3.8) is 0 Å². The van der Waals surface area contributed by atoms with Crippen molar-refractivity contribution in [3.05, 3.63) is 90.9 Å². The molecular weight excluding hydrogens is 308 g/mol. The van der Waals surface area contributed by atoms with Gasteiger partial charge in [0.25, 0.3) is 0 Å². The molecule has 2 heterocycles. The first kappa shape index (κ1) is 15.0. The maximum atomic E-state index is 4.78. The second-order valence-corrected chi connectivity index (χ2v) is 5.55. The minimum Gasteiger partial charge on any atom is -0.337 e. The quantitative estimate of drug-likeness (QED) is 0.543. The van der Waals surface area contributed by atoms with Crippen molar-refractivity contribution in [2.24, 2.45) is 4.99 Å². The molecule has 4 rings (SSSR count). The molecule has 2 aromatic carbocycles. The number of para-hydroxylation sites is 1. The van der Waals surface area contributed by atoms with Crippen LogP contribution in [0.1, 0.15) is 5.69 Å². The number of H-pyrrole nitrogens is 1. The maximum Gasteiger partial charge on any atom is 0.140 e. The number of hydrogen-bond donors (Lipinski definition) is 1. The van der Waals surface area contributed by atoms with E-state index in [1.807, 2.05) is 79.0 Å². The van der Waals surface area contributed by atoms with Gasteiger partial charge in [-0.2, -0.15) is 0 Å². The fraction of sp³-hybridized carbons (Fsp3) is 0. The van der Waals surface area contributed by atoms with E-state index in [1.165, 1.54) is 0 Å². The molecule has 25 heavy (non-hydrogen) atoms. The number of rotatable bonds is 4. The highest BCUT2D eigenvalue weighted by atomic mass is 14.9. The van der Waals surface area contributed by atoms with Gasteiger partial charge in [0.05, 0.1) is 23.3 Å². The molecule has 0 saturated heterocycles. The van der Waals surface area contributed by atoms with Gasteiger partial charge in [0.1, 0.15) is 5.82 Å². The monoisotopic (exact) mass is 324 g/mol. The summed E-state index contributed by atoms with van der Waals surface area (Å²) in [6, 6.07) is 23.8. The number of aromatic amines is 1. The zero-order valence-corrected chi connectivity index (χ0v) is 13.5. The Kier molecular flexibility index (Phi) is 4.16. The zero-order valence-electron chi connectivity index (χ0n) is 13.5. The van der Waals surface area contributed by atoms with Crippen LogP contribution in [0.25, 0.3) is 22.6 Å². The molecule has 0 saturated carbocycles. The first-order chi connectivity index (χ1) is 12.4.